The summed E-state index contributed by atoms with van der Waals surface area (Å²) in [5.41, 5.74) is -0.0635. The molecule has 5 heterocycles. The molecule has 1 unspecified atom stereocenters. The third-order valence-electron chi connectivity index (χ3n) is 5.28. The fraction of sp³-hybridized carbons (Fsp3) is 0.471. The molecule has 6 nitrogen and oxygen atoms in total. The maximum absolute atomic E-state index is 12.0. The van der Waals surface area contributed by atoms with Crippen LogP contribution in [-0.2, 0) is 0 Å². The predicted octanol–water partition coefficient (Wildman–Crippen LogP) is 3.04. The molecule has 1 N–H and O–H groups in total. The van der Waals surface area contributed by atoms with Gasteiger partial charge in [0.05, 0.1) is 0 Å². The smallest absolute Gasteiger partial charge is 0.256 e. The van der Waals surface area contributed by atoms with Crippen molar-refractivity contribution in [2.24, 2.45) is 0 Å². The minimum Gasteiger partial charge on any atom is -0.348 e. The highest BCUT2D eigenvalue weighted by Gasteiger charge is 2.36. The van der Waals surface area contributed by atoms with Crippen molar-refractivity contribution >= 4 is 49.9 Å². The second-order valence-corrected chi connectivity index (χ2v) is 8.80. The highest BCUT2D eigenvalue weighted by Crippen LogP contribution is 2.36. The molecule has 2 fully saturated rings. The van der Waals surface area contributed by atoms with Crippen molar-refractivity contribution < 1.29 is 0 Å². The van der Waals surface area contributed by atoms with E-state index in [1.54, 1.807) is 34.2 Å². The van der Waals surface area contributed by atoms with Crippen LogP contribution in [0.4, 0.5) is 5.13 Å². The number of anilines is 1. The third-order valence-corrected chi connectivity index (χ3v) is 7.40. The molecule has 5 rings (SSSR count). The van der Waals surface area contributed by atoms with Gasteiger partial charge in [-0.1, -0.05) is 28.7 Å². The quantitative estimate of drug-likeness (QED) is 0.720. The number of nitrogens with one attached hydrogen (secondary N) is 1. The first-order chi connectivity index (χ1) is 12.2. The summed E-state index contributed by atoms with van der Waals surface area (Å²) in [6.07, 6.45) is 6.75. The Morgan fingerprint density at radius 3 is 2.58 bits per heavy atom. The number of aromatic nitrogens is 3. The van der Waals surface area contributed by atoms with E-state index in [4.69, 9.17) is 4.98 Å². The number of fused-ring (bicyclic) bond motifs is 3. The molecule has 2 bridgehead atoms. The molecule has 0 spiro atoms. The molecule has 3 aromatic heterocycles. The van der Waals surface area contributed by atoms with E-state index < -0.39 is 0 Å². The van der Waals surface area contributed by atoms with Gasteiger partial charge in [-0.05, 0) is 31.7 Å². The van der Waals surface area contributed by atoms with Crippen LogP contribution in [-0.4, -0.2) is 39.7 Å². The molecular weight excluding hydrogens is 390 g/mol. The van der Waals surface area contributed by atoms with Crippen molar-refractivity contribution in [3.63, 3.8) is 0 Å². The molecule has 2 aliphatic heterocycles. The summed E-state index contributed by atoms with van der Waals surface area (Å²) in [5, 5.41) is 5.42. The zero-order chi connectivity index (χ0) is 17.0. The topological polar surface area (TPSA) is 63.1 Å². The van der Waals surface area contributed by atoms with Gasteiger partial charge in [-0.3, -0.25) is 9.36 Å². The van der Waals surface area contributed by atoms with Crippen LogP contribution in [0.1, 0.15) is 25.7 Å². The number of pyridine rings is 1. The Hall–Kier alpha value is -1.48. The summed E-state index contributed by atoms with van der Waals surface area (Å²) in [6.45, 7) is 0. The van der Waals surface area contributed by atoms with Gasteiger partial charge >= 0.3 is 0 Å². The summed E-state index contributed by atoms with van der Waals surface area (Å²) in [6, 6.07) is 7.02. The van der Waals surface area contributed by atoms with Crippen LogP contribution in [0.15, 0.2) is 29.2 Å². The lowest BCUT2D eigenvalue weighted by molar-refractivity contribution is 0.354. The Balaban J connectivity index is 0.00000168. The minimum atomic E-state index is -0.0635. The number of rotatable bonds is 3. The van der Waals surface area contributed by atoms with Crippen LogP contribution in [0.3, 0.4) is 0 Å². The molecule has 0 radical (unpaired) electrons. The van der Waals surface area contributed by atoms with Crippen LogP contribution in [0.2, 0.25) is 0 Å². The van der Waals surface area contributed by atoms with E-state index in [-0.39, 0.29) is 18.0 Å². The molecule has 0 saturated carbocycles. The maximum Gasteiger partial charge on any atom is 0.256 e. The van der Waals surface area contributed by atoms with Crippen molar-refractivity contribution in [3.8, 4) is 5.13 Å². The second-order valence-electron chi connectivity index (χ2n) is 6.89. The molecule has 3 aromatic rings. The molecule has 0 aliphatic carbocycles. The number of nitrogens with zero attached hydrogens (tertiary/aromatic N) is 4. The second kappa shape index (κ2) is 6.92. The van der Waals surface area contributed by atoms with Gasteiger partial charge in [0.15, 0.2) is 19.9 Å². The zero-order valence-electron chi connectivity index (χ0n) is 14.3. The summed E-state index contributed by atoms with van der Waals surface area (Å²) in [4.78, 5) is 25.6. The average Bonchev–Trinajstić information content (AvgIpc) is 3.27. The van der Waals surface area contributed by atoms with Gasteiger partial charge in [-0.15, -0.1) is 12.4 Å². The van der Waals surface area contributed by atoms with E-state index in [1.807, 2.05) is 6.07 Å². The predicted molar refractivity (Wildman–Crippen MR) is 110 cm³/mol. The van der Waals surface area contributed by atoms with E-state index >= 15 is 0 Å². The number of halogens is 1. The van der Waals surface area contributed by atoms with Crippen molar-refractivity contribution in [2.75, 3.05) is 11.9 Å². The van der Waals surface area contributed by atoms with Gasteiger partial charge in [-0.2, -0.15) is 0 Å². The fourth-order valence-electron chi connectivity index (χ4n) is 3.96. The lowest BCUT2D eigenvalue weighted by Gasteiger charge is -2.35. The van der Waals surface area contributed by atoms with Crippen LogP contribution >= 0.6 is 35.1 Å². The van der Waals surface area contributed by atoms with Crippen LogP contribution in [0.5, 0.6) is 0 Å². The Morgan fingerprint density at radius 1 is 1.15 bits per heavy atom. The summed E-state index contributed by atoms with van der Waals surface area (Å²) >= 11 is 3.10. The standard InChI is InChI=1S/C17H19N5OS2.ClH/c1-21(12-8-10-5-6-11(9-12)18-10)16-19-14-15(24-16)20-17(25-14)22-7-3-2-4-13(22)23;/h2-4,7,10-12,18H,5-6,8-9H2,1H3;1H/t10-,11+,12?;. The molecule has 3 atom stereocenters. The Labute approximate surface area is 165 Å². The molecule has 2 saturated heterocycles. The molecule has 0 aromatic carbocycles. The largest absolute Gasteiger partial charge is 0.348 e. The highest BCUT2D eigenvalue weighted by atomic mass is 35.5. The first-order valence-electron chi connectivity index (χ1n) is 8.61. The normalized spacial score (nSPS) is 24.6. The monoisotopic (exact) mass is 409 g/mol. The molecule has 138 valence electrons. The van der Waals surface area contributed by atoms with Crippen molar-refractivity contribution in [2.45, 2.75) is 43.8 Å². The molecule has 9 heteroatoms. The van der Waals surface area contributed by atoms with Crippen LogP contribution in [0.25, 0.3) is 14.8 Å². The first-order valence-corrected chi connectivity index (χ1v) is 10.2. The number of hydrogen-bond acceptors (Lipinski definition) is 7. The van der Waals surface area contributed by atoms with E-state index in [1.165, 1.54) is 37.0 Å². The maximum atomic E-state index is 12.0. The zero-order valence-corrected chi connectivity index (χ0v) is 16.7. The number of piperidine rings is 1. The van der Waals surface area contributed by atoms with Gasteiger partial charge in [0.2, 0.25) is 0 Å². The Bertz CT molecular complexity index is 939. The van der Waals surface area contributed by atoms with Crippen molar-refractivity contribution in [1.82, 2.24) is 19.9 Å². The average molecular weight is 410 g/mol. The summed E-state index contributed by atoms with van der Waals surface area (Å²) in [5.74, 6) is 0. The molecule has 2 aliphatic rings. The van der Waals surface area contributed by atoms with Gasteiger partial charge in [0.25, 0.3) is 5.56 Å². The number of thiazole rings is 2. The summed E-state index contributed by atoms with van der Waals surface area (Å²) < 4.78 is 1.58. The van der Waals surface area contributed by atoms with E-state index in [0.717, 1.165) is 14.8 Å². The van der Waals surface area contributed by atoms with Gasteiger partial charge in [-0.25, -0.2) is 9.97 Å². The van der Waals surface area contributed by atoms with E-state index in [0.29, 0.717) is 23.3 Å². The van der Waals surface area contributed by atoms with Crippen LogP contribution in [0, 0.1) is 0 Å². The lowest BCUT2D eigenvalue weighted by atomic mass is 9.99. The SMILES string of the molecule is CN(c1nc2sc(-n3ccccc3=O)nc2s1)C1C[C@H]2CC[C@@H](C1)N2.Cl. The molecule has 0 amide bonds. The Morgan fingerprint density at radius 2 is 1.88 bits per heavy atom. The molecular formula is C17H20ClN5OS2. The number of hydrogen-bond donors (Lipinski definition) is 1. The minimum absolute atomic E-state index is 0. The van der Waals surface area contributed by atoms with Gasteiger partial charge < -0.3 is 10.2 Å². The van der Waals surface area contributed by atoms with E-state index in [2.05, 4.69) is 22.2 Å². The van der Waals surface area contributed by atoms with Gasteiger partial charge in [0, 0.05) is 37.4 Å². The van der Waals surface area contributed by atoms with Gasteiger partial charge in [0.1, 0.15) is 0 Å². The highest BCUT2D eigenvalue weighted by molar-refractivity contribution is 7.29. The first kappa shape index (κ1) is 17.9. The summed E-state index contributed by atoms with van der Waals surface area (Å²) in [7, 11) is 2.15. The third kappa shape index (κ3) is 3.05. The van der Waals surface area contributed by atoms with Crippen molar-refractivity contribution in [3.05, 3.63) is 34.7 Å². The fourth-order valence-corrected chi connectivity index (χ4v) is 6.02. The Kier molecular flexibility index (Phi) is 4.77. The van der Waals surface area contributed by atoms with E-state index in [9.17, 15) is 4.79 Å². The molecule has 26 heavy (non-hydrogen) atoms. The lowest BCUT2D eigenvalue weighted by Crippen LogP contribution is -2.47. The van der Waals surface area contributed by atoms with Crippen LogP contribution < -0.4 is 15.8 Å². The van der Waals surface area contributed by atoms with Crippen molar-refractivity contribution in [1.29, 1.82) is 0 Å².